The van der Waals surface area contributed by atoms with Gasteiger partial charge in [-0.25, -0.2) is 0 Å². The molecule has 0 aromatic carbocycles. The molecule has 24 heavy (non-hydrogen) atoms. The Morgan fingerprint density at radius 1 is 1.54 bits per heavy atom. The third kappa shape index (κ3) is 4.25. The number of aromatic nitrogens is 3. The predicted octanol–water partition coefficient (Wildman–Crippen LogP) is -0.699. The number of allylic oxidation sites excluding steroid dienone is 2. The van der Waals surface area contributed by atoms with Crippen LogP contribution in [0.15, 0.2) is 34.2 Å². The number of sulfone groups is 1. The van der Waals surface area contributed by atoms with Gasteiger partial charge in [-0.2, -0.15) is 0 Å². The molecular formula is C15H17FLiN3O2SSn-. The van der Waals surface area contributed by atoms with Gasteiger partial charge in [0.25, 0.3) is 0 Å². The van der Waals surface area contributed by atoms with E-state index in [1.54, 1.807) is 0 Å². The SMILES string of the molecule is C=CC(C)(F)c1cn2c(/C([CH2-])=[CH]/[Sn])cnc2c(S(C)(=O)=O)n1.[CH3-].[Li+]. The number of halogens is 1. The summed E-state index contributed by atoms with van der Waals surface area (Å²) in [6.07, 6.45) is 5.03. The fourth-order valence-electron chi connectivity index (χ4n) is 1.86. The number of hydrogen-bond acceptors (Lipinski definition) is 4. The van der Waals surface area contributed by atoms with Gasteiger partial charge in [0.1, 0.15) is 0 Å². The van der Waals surface area contributed by atoms with Crippen LogP contribution in [0.2, 0.25) is 0 Å². The van der Waals surface area contributed by atoms with Gasteiger partial charge in [0.05, 0.1) is 0 Å². The summed E-state index contributed by atoms with van der Waals surface area (Å²) in [7, 11) is -3.67. The number of hydrogen-bond donors (Lipinski definition) is 0. The summed E-state index contributed by atoms with van der Waals surface area (Å²) < 4.78 is 41.8. The van der Waals surface area contributed by atoms with Crippen molar-refractivity contribution in [1.82, 2.24) is 14.4 Å². The molecule has 1 atom stereocenters. The molecule has 2 rings (SSSR count). The first-order valence-electron chi connectivity index (χ1n) is 6.22. The van der Waals surface area contributed by atoms with Crippen LogP contribution < -0.4 is 18.9 Å². The molecule has 0 saturated carbocycles. The van der Waals surface area contributed by atoms with E-state index in [-0.39, 0.29) is 42.7 Å². The Hall–Kier alpha value is -0.754. The van der Waals surface area contributed by atoms with Crippen molar-refractivity contribution >= 4 is 43.6 Å². The summed E-state index contributed by atoms with van der Waals surface area (Å²) >= 11 is 1.14. The van der Waals surface area contributed by atoms with Crippen LogP contribution in [0.5, 0.6) is 0 Å². The van der Waals surface area contributed by atoms with Gasteiger partial charge in [-0.3, -0.25) is 0 Å². The Kier molecular flexibility index (Phi) is 7.83. The summed E-state index contributed by atoms with van der Waals surface area (Å²) in [6, 6.07) is 0. The molecule has 0 bridgehead atoms. The number of nitrogens with zero attached hydrogens (tertiary/aromatic N) is 3. The molecule has 9 heteroatoms. The fraction of sp³-hybridized carbons (Fsp3) is 0.200. The molecule has 0 aliphatic heterocycles. The van der Waals surface area contributed by atoms with E-state index in [1.165, 1.54) is 23.7 Å². The van der Waals surface area contributed by atoms with Gasteiger partial charge in [0.15, 0.2) is 0 Å². The second kappa shape index (κ2) is 8.08. The van der Waals surface area contributed by atoms with E-state index in [4.69, 9.17) is 0 Å². The van der Waals surface area contributed by atoms with Crippen molar-refractivity contribution in [2.75, 3.05) is 6.26 Å². The Balaban J connectivity index is 0.00000264. The maximum atomic E-state index is 14.5. The minimum Gasteiger partial charge on any atom is -0.358 e. The summed E-state index contributed by atoms with van der Waals surface area (Å²) in [5, 5.41) is -0.265. The number of alkyl halides is 1. The molecule has 2 aromatic rings. The molecule has 0 spiro atoms. The second-order valence-corrected chi connectivity index (χ2v) is 7.74. The van der Waals surface area contributed by atoms with Crippen LogP contribution in [-0.2, 0) is 15.5 Å². The van der Waals surface area contributed by atoms with E-state index in [0.717, 1.165) is 34.9 Å². The largest absolute Gasteiger partial charge is 1.00 e. The van der Waals surface area contributed by atoms with Gasteiger partial charge >= 0.3 is 161 Å². The number of imidazole rings is 1. The third-order valence-electron chi connectivity index (χ3n) is 3.20. The van der Waals surface area contributed by atoms with Crippen LogP contribution in [0.4, 0.5) is 4.39 Å². The zero-order valence-corrected chi connectivity index (χ0v) is 17.8. The summed E-state index contributed by atoms with van der Waals surface area (Å²) in [5.41, 5.74) is -0.578. The van der Waals surface area contributed by atoms with Crippen molar-refractivity contribution in [1.29, 1.82) is 0 Å². The Morgan fingerprint density at radius 3 is 2.58 bits per heavy atom. The standard InChI is InChI=1S/C14H14FN3O2S.CH3.Li.Sn/c1-6-14(4,15)11-8-18-10(9(2)3)7-16-12(18)13(17-11)21(5,19)20;;;/h2,6-8H,1,3H2,4-5H3;1H3;;/q2*-1;+1;. The molecule has 123 valence electrons. The summed E-state index contributed by atoms with van der Waals surface area (Å²) in [4.78, 5) is 8.07. The molecule has 3 radical (unpaired) electrons. The molecule has 0 amide bonds. The molecule has 5 nitrogen and oxygen atoms in total. The van der Waals surface area contributed by atoms with E-state index >= 15 is 0 Å². The van der Waals surface area contributed by atoms with Crippen LogP contribution in [0.1, 0.15) is 18.3 Å². The van der Waals surface area contributed by atoms with Gasteiger partial charge in [0, 0.05) is 0 Å². The van der Waals surface area contributed by atoms with Gasteiger partial charge in [-0.05, 0) is 0 Å². The summed E-state index contributed by atoms with van der Waals surface area (Å²) in [6.45, 7) is 8.59. The zero-order chi connectivity index (χ0) is 16.7. The molecule has 1 unspecified atom stereocenters. The van der Waals surface area contributed by atoms with Gasteiger partial charge in [-0.1, -0.05) is 0 Å². The molecule has 0 aliphatic carbocycles. The predicted molar refractivity (Wildman–Crippen MR) is 90.3 cm³/mol. The van der Waals surface area contributed by atoms with Crippen molar-refractivity contribution in [2.45, 2.75) is 17.6 Å². The van der Waals surface area contributed by atoms with Crippen molar-refractivity contribution in [3.63, 3.8) is 0 Å². The van der Waals surface area contributed by atoms with Crippen molar-refractivity contribution in [3.05, 3.63) is 54.9 Å². The number of rotatable bonds is 4. The number of fused-ring (bicyclic) bond motifs is 1. The topological polar surface area (TPSA) is 64.3 Å². The first-order chi connectivity index (χ1) is 10.1. The van der Waals surface area contributed by atoms with Gasteiger partial charge in [-0.15, -0.1) is 0 Å². The molecule has 0 aliphatic rings. The van der Waals surface area contributed by atoms with E-state index in [2.05, 4.69) is 23.5 Å². The van der Waals surface area contributed by atoms with Crippen molar-refractivity contribution < 1.29 is 31.7 Å². The average molecular weight is 448 g/mol. The normalized spacial score (nSPS) is 14.4. The maximum absolute atomic E-state index is 14.5. The second-order valence-electron chi connectivity index (χ2n) is 4.99. The minimum atomic E-state index is -3.67. The van der Waals surface area contributed by atoms with Crippen LogP contribution in [0.25, 0.3) is 11.2 Å². The van der Waals surface area contributed by atoms with Crippen LogP contribution in [0.3, 0.4) is 0 Å². The monoisotopic (exact) mass is 449 g/mol. The first-order valence-corrected chi connectivity index (χ1v) is 9.76. The summed E-state index contributed by atoms with van der Waals surface area (Å²) in [5.74, 6) is 0. The average Bonchev–Trinajstić information content (AvgIpc) is 2.88. The van der Waals surface area contributed by atoms with Crippen LogP contribution >= 0.6 is 0 Å². The van der Waals surface area contributed by atoms with E-state index in [9.17, 15) is 12.8 Å². The molecular weight excluding hydrogens is 431 g/mol. The first kappa shape index (κ1) is 23.2. The van der Waals surface area contributed by atoms with Crippen LogP contribution in [-0.4, -0.2) is 51.6 Å². The van der Waals surface area contributed by atoms with Gasteiger partial charge in [0.2, 0.25) is 0 Å². The molecule has 2 aromatic heterocycles. The molecule has 2 heterocycles. The fourth-order valence-corrected chi connectivity index (χ4v) is 3.03. The van der Waals surface area contributed by atoms with Gasteiger partial charge < -0.3 is 7.43 Å². The maximum Gasteiger partial charge on any atom is 1.00 e. The van der Waals surface area contributed by atoms with Crippen LogP contribution in [0, 0.1) is 14.4 Å². The van der Waals surface area contributed by atoms with Crippen molar-refractivity contribution in [2.24, 2.45) is 0 Å². The Labute approximate surface area is 167 Å². The zero-order valence-electron chi connectivity index (χ0n) is 14.2. The van der Waals surface area contributed by atoms with E-state index in [1.807, 2.05) is 4.09 Å². The van der Waals surface area contributed by atoms with Crippen molar-refractivity contribution in [3.8, 4) is 0 Å². The molecule has 0 fully saturated rings. The minimum absolute atomic E-state index is 0. The third-order valence-corrected chi connectivity index (χ3v) is 5.17. The van der Waals surface area contributed by atoms with E-state index in [0.29, 0.717) is 11.3 Å². The van der Waals surface area contributed by atoms with E-state index < -0.39 is 15.5 Å². The quantitative estimate of drug-likeness (QED) is 0.353. The Morgan fingerprint density at radius 2 is 2.12 bits per heavy atom. The molecule has 0 saturated heterocycles. The Bertz CT molecular complexity index is 892. The smallest absolute Gasteiger partial charge is 0.358 e. The molecule has 0 N–H and O–H groups in total.